The van der Waals surface area contributed by atoms with Crippen LogP contribution in [0.5, 0.6) is 0 Å². The first kappa shape index (κ1) is 12.9. The molecule has 0 saturated carbocycles. The van der Waals surface area contributed by atoms with E-state index in [1.54, 1.807) is 6.92 Å². The van der Waals surface area contributed by atoms with Gasteiger partial charge in [0.25, 0.3) is 0 Å². The molecule has 17 heavy (non-hydrogen) atoms. The first-order chi connectivity index (χ1) is 8.15. The molecule has 4 nitrogen and oxygen atoms in total. The highest BCUT2D eigenvalue weighted by Crippen LogP contribution is 2.02. The number of aliphatic imine (C=N–C) groups is 1. The standard InChI is InChI=1S/C13H15N3O/c1-10(12(9-14)13(15)17)16-8-7-11-5-3-2-4-6-11/h2-6,12H,7-8H2,1H3,(H2,15,17). The van der Waals surface area contributed by atoms with Crippen molar-refractivity contribution in [1.82, 2.24) is 0 Å². The molecule has 0 aliphatic rings. The highest BCUT2D eigenvalue weighted by Gasteiger charge is 2.17. The highest BCUT2D eigenvalue weighted by atomic mass is 16.1. The topological polar surface area (TPSA) is 79.2 Å². The lowest BCUT2D eigenvalue weighted by Gasteiger charge is -2.04. The summed E-state index contributed by atoms with van der Waals surface area (Å²) in [5.41, 5.74) is 6.75. The van der Waals surface area contributed by atoms with Gasteiger partial charge in [-0.25, -0.2) is 0 Å². The highest BCUT2D eigenvalue weighted by molar-refractivity contribution is 6.04. The van der Waals surface area contributed by atoms with Gasteiger partial charge in [0, 0.05) is 12.3 Å². The zero-order valence-corrected chi connectivity index (χ0v) is 9.76. The molecule has 2 N–H and O–H groups in total. The van der Waals surface area contributed by atoms with Crippen molar-refractivity contribution in [2.24, 2.45) is 16.6 Å². The van der Waals surface area contributed by atoms with Crippen LogP contribution in [0.2, 0.25) is 0 Å². The number of carbonyl (C=O) groups excluding carboxylic acids is 1. The molecule has 1 atom stereocenters. The van der Waals surface area contributed by atoms with E-state index < -0.39 is 11.8 Å². The third-order valence-corrected chi connectivity index (χ3v) is 2.44. The number of rotatable bonds is 5. The van der Waals surface area contributed by atoms with Crippen molar-refractivity contribution in [3.8, 4) is 6.07 Å². The Morgan fingerprint density at radius 1 is 1.47 bits per heavy atom. The van der Waals surface area contributed by atoms with Crippen LogP contribution in [-0.2, 0) is 11.2 Å². The van der Waals surface area contributed by atoms with E-state index in [1.165, 1.54) is 5.56 Å². The summed E-state index contributed by atoms with van der Waals surface area (Å²) in [5.74, 6) is -1.56. The molecule has 1 amide bonds. The molecule has 1 aromatic rings. The zero-order chi connectivity index (χ0) is 12.7. The van der Waals surface area contributed by atoms with Crippen LogP contribution < -0.4 is 5.73 Å². The SMILES string of the molecule is CC(=NCCc1ccccc1)C(C#N)C(N)=O. The van der Waals surface area contributed by atoms with E-state index in [1.807, 2.05) is 36.4 Å². The average molecular weight is 229 g/mol. The Hall–Kier alpha value is -2.15. The number of benzene rings is 1. The number of hydrogen-bond acceptors (Lipinski definition) is 3. The minimum atomic E-state index is -0.911. The quantitative estimate of drug-likeness (QED) is 0.772. The first-order valence-corrected chi connectivity index (χ1v) is 5.39. The molecule has 1 aromatic carbocycles. The van der Waals surface area contributed by atoms with Crippen LogP contribution in [-0.4, -0.2) is 18.2 Å². The summed E-state index contributed by atoms with van der Waals surface area (Å²) in [7, 11) is 0. The van der Waals surface area contributed by atoms with Gasteiger partial charge in [0.1, 0.15) is 0 Å². The predicted octanol–water partition coefficient (Wildman–Crippen LogP) is 1.32. The van der Waals surface area contributed by atoms with Gasteiger partial charge >= 0.3 is 0 Å². The van der Waals surface area contributed by atoms with Crippen molar-refractivity contribution < 1.29 is 4.79 Å². The van der Waals surface area contributed by atoms with Gasteiger partial charge in [0.05, 0.1) is 6.07 Å². The van der Waals surface area contributed by atoms with Gasteiger partial charge in [0.2, 0.25) is 5.91 Å². The minimum Gasteiger partial charge on any atom is -0.368 e. The summed E-state index contributed by atoms with van der Waals surface area (Å²) < 4.78 is 0. The largest absolute Gasteiger partial charge is 0.368 e. The average Bonchev–Trinajstić information content (AvgIpc) is 2.30. The molecule has 0 fully saturated rings. The normalized spacial score (nSPS) is 12.8. The van der Waals surface area contributed by atoms with Gasteiger partial charge < -0.3 is 5.73 Å². The predicted molar refractivity (Wildman–Crippen MR) is 66.4 cm³/mol. The molecule has 1 rings (SSSR count). The smallest absolute Gasteiger partial charge is 0.240 e. The van der Waals surface area contributed by atoms with Crippen LogP contribution in [0.3, 0.4) is 0 Å². The maximum Gasteiger partial charge on any atom is 0.240 e. The molecule has 1 unspecified atom stereocenters. The molecule has 4 heteroatoms. The van der Waals surface area contributed by atoms with Crippen LogP contribution >= 0.6 is 0 Å². The fraction of sp³-hybridized carbons (Fsp3) is 0.308. The third-order valence-electron chi connectivity index (χ3n) is 2.44. The molecule has 0 bridgehead atoms. The Bertz CT molecular complexity index is 445. The van der Waals surface area contributed by atoms with E-state index >= 15 is 0 Å². The number of hydrogen-bond donors (Lipinski definition) is 1. The van der Waals surface area contributed by atoms with Crippen LogP contribution in [0.25, 0.3) is 0 Å². The second-order valence-corrected chi connectivity index (χ2v) is 3.72. The van der Waals surface area contributed by atoms with E-state index in [2.05, 4.69) is 4.99 Å². The number of nitrogens with zero attached hydrogens (tertiary/aromatic N) is 2. The van der Waals surface area contributed by atoms with Crippen LogP contribution in [0, 0.1) is 17.2 Å². The molecule has 0 spiro atoms. The monoisotopic (exact) mass is 229 g/mol. The van der Waals surface area contributed by atoms with Gasteiger partial charge in [-0.2, -0.15) is 5.26 Å². The number of carbonyl (C=O) groups is 1. The summed E-state index contributed by atoms with van der Waals surface area (Å²) in [6.45, 7) is 2.21. The van der Waals surface area contributed by atoms with Crippen molar-refractivity contribution in [3.05, 3.63) is 35.9 Å². The van der Waals surface area contributed by atoms with Crippen LogP contribution in [0.4, 0.5) is 0 Å². The number of primary amides is 1. The maximum atomic E-state index is 10.9. The van der Waals surface area contributed by atoms with Crippen LogP contribution in [0.15, 0.2) is 35.3 Å². The van der Waals surface area contributed by atoms with E-state index in [-0.39, 0.29) is 0 Å². The summed E-state index contributed by atoms with van der Waals surface area (Å²) >= 11 is 0. The number of nitriles is 1. The van der Waals surface area contributed by atoms with Gasteiger partial charge in [-0.1, -0.05) is 30.3 Å². The fourth-order valence-electron chi connectivity index (χ4n) is 1.46. The Morgan fingerprint density at radius 2 is 2.12 bits per heavy atom. The van der Waals surface area contributed by atoms with E-state index in [0.717, 1.165) is 6.42 Å². The lowest BCUT2D eigenvalue weighted by Crippen LogP contribution is -2.27. The maximum absolute atomic E-state index is 10.9. The summed E-state index contributed by atoms with van der Waals surface area (Å²) in [5, 5.41) is 8.75. The van der Waals surface area contributed by atoms with E-state index in [4.69, 9.17) is 11.0 Å². The van der Waals surface area contributed by atoms with E-state index in [9.17, 15) is 4.79 Å². The molecule has 0 aliphatic carbocycles. The van der Waals surface area contributed by atoms with Crippen molar-refractivity contribution in [2.75, 3.05) is 6.54 Å². The van der Waals surface area contributed by atoms with Crippen molar-refractivity contribution in [3.63, 3.8) is 0 Å². The van der Waals surface area contributed by atoms with E-state index in [0.29, 0.717) is 12.3 Å². The molecular formula is C13H15N3O. The van der Waals surface area contributed by atoms with Crippen molar-refractivity contribution in [1.29, 1.82) is 5.26 Å². The molecule has 88 valence electrons. The zero-order valence-electron chi connectivity index (χ0n) is 9.76. The Kier molecular flexibility index (Phi) is 4.89. The lowest BCUT2D eigenvalue weighted by atomic mass is 10.1. The molecule has 0 saturated heterocycles. The van der Waals surface area contributed by atoms with Crippen molar-refractivity contribution in [2.45, 2.75) is 13.3 Å². The van der Waals surface area contributed by atoms with Gasteiger partial charge in [-0.3, -0.25) is 9.79 Å². The molecule has 0 heterocycles. The molecule has 0 radical (unpaired) electrons. The van der Waals surface area contributed by atoms with Crippen molar-refractivity contribution >= 4 is 11.6 Å². The lowest BCUT2D eigenvalue weighted by molar-refractivity contribution is -0.118. The molecule has 0 aromatic heterocycles. The Morgan fingerprint density at radius 3 is 2.65 bits per heavy atom. The second-order valence-electron chi connectivity index (χ2n) is 3.72. The fourth-order valence-corrected chi connectivity index (χ4v) is 1.46. The molecular weight excluding hydrogens is 214 g/mol. The van der Waals surface area contributed by atoms with Crippen LogP contribution in [0.1, 0.15) is 12.5 Å². The summed E-state index contributed by atoms with van der Waals surface area (Å²) in [6, 6.07) is 11.8. The first-order valence-electron chi connectivity index (χ1n) is 5.39. The number of amides is 1. The minimum absolute atomic E-state index is 0.482. The van der Waals surface area contributed by atoms with Gasteiger partial charge in [-0.05, 0) is 18.9 Å². The molecule has 0 aliphatic heterocycles. The summed E-state index contributed by atoms with van der Waals surface area (Å²) in [4.78, 5) is 15.1. The van der Waals surface area contributed by atoms with Gasteiger partial charge in [-0.15, -0.1) is 0 Å². The number of nitrogens with two attached hydrogens (primary N) is 1. The van der Waals surface area contributed by atoms with Gasteiger partial charge in [0.15, 0.2) is 5.92 Å². The third kappa shape index (κ3) is 4.07. The summed E-state index contributed by atoms with van der Waals surface area (Å²) in [6.07, 6.45) is 0.787. The Labute approximate surface area is 101 Å². The second kappa shape index (κ2) is 6.44. The Balaban J connectivity index is 2.54.